The maximum Gasteiger partial charge on any atom is 0.407 e. The van der Waals surface area contributed by atoms with Crippen molar-refractivity contribution in [2.24, 2.45) is 5.92 Å². The molecule has 1 aliphatic rings. The molecule has 1 saturated heterocycles. The van der Waals surface area contributed by atoms with Gasteiger partial charge in [0, 0.05) is 6.61 Å². The van der Waals surface area contributed by atoms with Crippen LogP contribution in [0.3, 0.4) is 0 Å². The first-order valence-corrected chi connectivity index (χ1v) is 5.46. The zero-order valence-electron chi connectivity index (χ0n) is 10.0. The average Bonchev–Trinajstić information content (AvgIpc) is 2.05. The van der Waals surface area contributed by atoms with Gasteiger partial charge >= 0.3 is 6.09 Å². The van der Waals surface area contributed by atoms with Crippen LogP contribution in [-0.4, -0.2) is 30.9 Å². The van der Waals surface area contributed by atoms with Gasteiger partial charge in [-0.1, -0.05) is 6.92 Å². The van der Waals surface area contributed by atoms with Gasteiger partial charge in [-0.05, 0) is 33.1 Å². The highest BCUT2D eigenvalue weighted by Gasteiger charge is 2.25. The largest absolute Gasteiger partial charge is 0.444 e. The number of hydrogen-bond acceptors (Lipinski definition) is 3. The van der Waals surface area contributed by atoms with E-state index in [9.17, 15) is 4.79 Å². The highest BCUT2D eigenvalue weighted by Crippen LogP contribution is 2.15. The van der Waals surface area contributed by atoms with Crippen LogP contribution >= 0.6 is 0 Å². The Labute approximate surface area is 91.3 Å². The van der Waals surface area contributed by atoms with E-state index in [0.717, 1.165) is 13.0 Å². The molecule has 4 nitrogen and oxygen atoms in total. The molecule has 15 heavy (non-hydrogen) atoms. The first-order chi connectivity index (χ1) is 6.88. The number of nitrogens with one attached hydrogen (secondary N) is 1. The Balaban J connectivity index is 2.36. The average molecular weight is 215 g/mol. The third-order valence-corrected chi connectivity index (χ3v) is 2.40. The Bertz CT molecular complexity index is 222. The van der Waals surface area contributed by atoms with E-state index in [1.54, 1.807) is 0 Å². The number of carbonyl (C=O) groups is 1. The van der Waals surface area contributed by atoms with Crippen LogP contribution in [0.25, 0.3) is 0 Å². The Kier molecular flexibility index (Phi) is 3.97. The fraction of sp³-hybridized carbons (Fsp3) is 0.909. The van der Waals surface area contributed by atoms with Crippen molar-refractivity contribution in [1.29, 1.82) is 0 Å². The van der Waals surface area contributed by atoms with Crippen LogP contribution in [0.4, 0.5) is 4.79 Å². The second-order valence-electron chi connectivity index (χ2n) is 5.09. The van der Waals surface area contributed by atoms with Crippen LogP contribution < -0.4 is 5.32 Å². The predicted octanol–water partition coefficient (Wildman–Crippen LogP) is 1.94. The molecule has 1 N–H and O–H groups in total. The van der Waals surface area contributed by atoms with E-state index in [1.807, 2.05) is 20.8 Å². The zero-order chi connectivity index (χ0) is 11.5. The molecule has 0 aromatic carbocycles. The van der Waals surface area contributed by atoms with Crippen LogP contribution in [-0.2, 0) is 9.47 Å². The summed E-state index contributed by atoms with van der Waals surface area (Å²) in [5.41, 5.74) is -0.442. The summed E-state index contributed by atoms with van der Waals surface area (Å²) >= 11 is 0. The fourth-order valence-corrected chi connectivity index (χ4v) is 1.49. The number of amides is 1. The molecule has 1 heterocycles. The maximum absolute atomic E-state index is 11.5. The molecule has 0 radical (unpaired) electrons. The first kappa shape index (κ1) is 12.3. The molecule has 0 aromatic heterocycles. The van der Waals surface area contributed by atoms with Gasteiger partial charge < -0.3 is 14.8 Å². The molecule has 1 amide bonds. The van der Waals surface area contributed by atoms with Gasteiger partial charge in [0.2, 0.25) is 0 Å². The van der Waals surface area contributed by atoms with Crippen LogP contribution in [0.5, 0.6) is 0 Å². The van der Waals surface area contributed by atoms with Crippen LogP contribution in [0.1, 0.15) is 34.1 Å². The smallest absolute Gasteiger partial charge is 0.407 e. The molecule has 1 aliphatic heterocycles. The molecular formula is C11H21NO3. The molecule has 2 atom stereocenters. The Morgan fingerprint density at radius 3 is 2.67 bits per heavy atom. The SMILES string of the molecule is C[C@@H]1CCOC[C@@H]1NC(=O)OC(C)(C)C. The number of hydrogen-bond donors (Lipinski definition) is 1. The fourth-order valence-electron chi connectivity index (χ4n) is 1.49. The lowest BCUT2D eigenvalue weighted by molar-refractivity contribution is 0.0207. The predicted molar refractivity (Wildman–Crippen MR) is 57.8 cm³/mol. The summed E-state index contributed by atoms with van der Waals surface area (Å²) in [6, 6.07) is 0.0774. The van der Waals surface area contributed by atoms with Crippen molar-refractivity contribution in [2.45, 2.75) is 45.8 Å². The molecule has 0 unspecified atom stereocenters. The van der Waals surface area contributed by atoms with Gasteiger partial charge in [0.05, 0.1) is 12.6 Å². The third kappa shape index (κ3) is 4.51. The van der Waals surface area contributed by atoms with Gasteiger partial charge in [0.1, 0.15) is 5.60 Å². The Hall–Kier alpha value is -0.770. The quantitative estimate of drug-likeness (QED) is 0.727. The molecule has 0 bridgehead atoms. The molecule has 1 rings (SSSR count). The summed E-state index contributed by atoms with van der Waals surface area (Å²) in [7, 11) is 0. The van der Waals surface area contributed by atoms with Gasteiger partial charge in [-0.3, -0.25) is 0 Å². The van der Waals surface area contributed by atoms with Crippen molar-refractivity contribution in [3.05, 3.63) is 0 Å². The molecule has 0 aromatic rings. The van der Waals surface area contributed by atoms with Gasteiger partial charge in [0.15, 0.2) is 0 Å². The topological polar surface area (TPSA) is 47.6 Å². The van der Waals surface area contributed by atoms with E-state index in [2.05, 4.69) is 12.2 Å². The van der Waals surface area contributed by atoms with Crippen molar-refractivity contribution in [2.75, 3.05) is 13.2 Å². The minimum atomic E-state index is -0.442. The van der Waals surface area contributed by atoms with E-state index < -0.39 is 5.60 Å². The first-order valence-electron chi connectivity index (χ1n) is 5.46. The van der Waals surface area contributed by atoms with E-state index in [1.165, 1.54) is 0 Å². The lowest BCUT2D eigenvalue weighted by atomic mass is 9.97. The van der Waals surface area contributed by atoms with Gasteiger partial charge in [-0.25, -0.2) is 4.79 Å². The van der Waals surface area contributed by atoms with Gasteiger partial charge in [-0.15, -0.1) is 0 Å². The lowest BCUT2D eigenvalue weighted by Crippen LogP contribution is -2.47. The Morgan fingerprint density at radius 1 is 1.47 bits per heavy atom. The van der Waals surface area contributed by atoms with Crippen molar-refractivity contribution in [1.82, 2.24) is 5.32 Å². The normalized spacial score (nSPS) is 27.2. The van der Waals surface area contributed by atoms with Crippen molar-refractivity contribution >= 4 is 6.09 Å². The van der Waals surface area contributed by atoms with Crippen molar-refractivity contribution in [3.63, 3.8) is 0 Å². The summed E-state index contributed by atoms with van der Waals surface area (Å²) in [5.74, 6) is 0.450. The molecule has 1 fully saturated rings. The van der Waals surface area contributed by atoms with E-state index >= 15 is 0 Å². The second kappa shape index (κ2) is 4.84. The number of carbonyl (C=O) groups excluding carboxylic acids is 1. The zero-order valence-corrected chi connectivity index (χ0v) is 10.0. The minimum absolute atomic E-state index is 0.0774. The minimum Gasteiger partial charge on any atom is -0.444 e. The molecular weight excluding hydrogens is 194 g/mol. The summed E-state index contributed by atoms with van der Waals surface area (Å²) in [6.07, 6.45) is 0.630. The summed E-state index contributed by atoms with van der Waals surface area (Å²) < 4.78 is 10.5. The van der Waals surface area contributed by atoms with Crippen LogP contribution in [0, 0.1) is 5.92 Å². The maximum atomic E-state index is 11.5. The van der Waals surface area contributed by atoms with Gasteiger partial charge in [-0.2, -0.15) is 0 Å². The molecule has 4 heteroatoms. The molecule has 0 aliphatic carbocycles. The van der Waals surface area contributed by atoms with Crippen LogP contribution in [0.2, 0.25) is 0 Å². The van der Waals surface area contributed by atoms with Crippen molar-refractivity contribution < 1.29 is 14.3 Å². The highest BCUT2D eigenvalue weighted by atomic mass is 16.6. The standard InChI is InChI=1S/C11H21NO3/c1-8-5-6-14-7-9(8)12-10(13)15-11(2,3)4/h8-9H,5-7H2,1-4H3,(H,12,13)/t8-,9+/m1/s1. The van der Waals surface area contributed by atoms with Crippen LogP contribution in [0.15, 0.2) is 0 Å². The van der Waals surface area contributed by atoms with E-state index in [-0.39, 0.29) is 12.1 Å². The van der Waals surface area contributed by atoms with Gasteiger partial charge in [0.25, 0.3) is 0 Å². The van der Waals surface area contributed by atoms with Crippen molar-refractivity contribution in [3.8, 4) is 0 Å². The lowest BCUT2D eigenvalue weighted by Gasteiger charge is -2.30. The van der Waals surface area contributed by atoms with E-state index in [4.69, 9.17) is 9.47 Å². The summed E-state index contributed by atoms with van der Waals surface area (Å²) in [6.45, 7) is 9.05. The monoisotopic (exact) mass is 215 g/mol. The Morgan fingerprint density at radius 2 is 2.13 bits per heavy atom. The number of alkyl carbamates (subject to hydrolysis) is 1. The summed E-state index contributed by atoms with van der Waals surface area (Å²) in [5, 5.41) is 2.84. The van der Waals surface area contributed by atoms with E-state index in [0.29, 0.717) is 12.5 Å². The number of rotatable bonds is 1. The highest BCUT2D eigenvalue weighted by molar-refractivity contribution is 5.68. The third-order valence-electron chi connectivity index (χ3n) is 2.40. The second-order valence-corrected chi connectivity index (χ2v) is 5.09. The number of ether oxygens (including phenoxy) is 2. The molecule has 0 spiro atoms. The molecule has 88 valence electrons. The molecule has 0 saturated carbocycles. The summed E-state index contributed by atoms with van der Waals surface area (Å²) in [4.78, 5) is 11.5.